The summed E-state index contributed by atoms with van der Waals surface area (Å²) in [6.45, 7) is 0.387. The standard InChI is InChI=1S/C19H16N4O3S/c1-22-11-14(17(24)20-10-13-8-5-9-27-13)15-16(22)18(25)23(19(26)21-15)12-6-3-2-4-7-12/h2-9,11H,10H2,1H3,(H,20,24)(H,21,26). The Morgan fingerprint density at radius 2 is 1.93 bits per heavy atom. The number of fused-ring (bicyclic) bond motifs is 1. The molecule has 27 heavy (non-hydrogen) atoms. The number of thiophene rings is 1. The molecule has 1 amide bonds. The van der Waals surface area contributed by atoms with Crippen molar-refractivity contribution in [3.8, 4) is 5.69 Å². The van der Waals surface area contributed by atoms with Gasteiger partial charge in [0, 0.05) is 18.1 Å². The average Bonchev–Trinajstić information content (AvgIpc) is 3.28. The van der Waals surface area contributed by atoms with Gasteiger partial charge in [0.1, 0.15) is 5.52 Å². The fourth-order valence-electron chi connectivity index (χ4n) is 3.03. The number of amides is 1. The molecule has 0 saturated carbocycles. The minimum atomic E-state index is -0.586. The van der Waals surface area contributed by atoms with Crippen LogP contribution in [0.4, 0.5) is 0 Å². The van der Waals surface area contributed by atoms with E-state index in [1.165, 1.54) is 0 Å². The van der Waals surface area contributed by atoms with Crippen molar-refractivity contribution in [1.29, 1.82) is 0 Å². The molecule has 136 valence electrons. The summed E-state index contributed by atoms with van der Waals surface area (Å²) in [4.78, 5) is 41.8. The van der Waals surface area contributed by atoms with Gasteiger partial charge in [0.05, 0.1) is 23.3 Å². The molecule has 0 bridgehead atoms. The molecule has 0 aliphatic rings. The lowest BCUT2D eigenvalue weighted by atomic mass is 10.2. The minimum absolute atomic E-state index is 0.239. The quantitative estimate of drug-likeness (QED) is 0.568. The monoisotopic (exact) mass is 380 g/mol. The predicted octanol–water partition coefficient (Wildman–Crippen LogP) is 2.01. The number of rotatable bonds is 4. The van der Waals surface area contributed by atoms with Crippen molar-refractivity contribution in [2.45, 2.75) is 6.54 Å². The highest BCUT2D eigenvalue weighted by Crippen LogP contribution is 2.16. The fraction of sp³-hybridized carbons (Fsp3) is 0.105. The summed E-state index contributed by atoms with van der Waals surface area (Å²) in [5.41, 5.74) is 0.175. The minimum Gasteiger partial charge on any atom is -0.347 e. The Morgan fingerprint density at radius 3 is 2.63 bits per heavy atom. The second-order valence-electron chi connectivity index (χ2n) is 6.05. The number of aromatic amines is 1. The molecule has 0 radical (unpaired) electrons. The van der Waals surface area contributed by atoms with E-state index in [9.17, 15) is 14.4 Å². The summed E-state index contributed by atoms with van der Waals surface area (Å²) in [6, 6.07) is 12.5. The van der Waals surface area contributed by atoms with Crippen LogP contribution in [0.1, 0.15) is 15.2 Å². The SMILES string of the molecule is Cn1cc(C(=O)NCc2cccs2)c2[nH]c(=O)n(-c3ccccc3)c(=O)c21. The van der Waals surface area contributed by atoms with E-state index in [0.717, 1.165) is 9.44 Å². The average molecular weight is 380 g/mol. The molecule has 4 aromatic rings. The van der Waals surface area contributed by atoms with Crippen LogP contribution in [0, 0.1) is 0 Å². The van der Waals surface area contributed by atoms with E-state index in [4.69, 9.17) is 0 Å². The van der Waals surface area contributed by atoms with Gasteiger partial charge in [-0.05, 0) is 23.6 Å². The van der Waals surface area contributed by atoms with Gasteiger partial charge in [0.15, 0.2) is 0 Å². The lowest BCUT2D eigenvalue weighted by molar-refractivity contribution is 0.0952. The number of aromatic nitrogens is 3. The van der Waals surface area contributed by atoms with Crippen LogP contribution < -0.4 is 16.6 Å². The largest absolute Gasteiger partial charge is 0.347 e. The van der Waals surface area contributed by atoms with E-state index in [-0.39, 0.29) is 22.5 Å². The van der Waals surface area contributed by atoms with Crippen molar-refractivity contribution in [2.24, 2.45) is 7.05 Å². The van der Waals surface area contributed by atoms with Gasteiger partial charge in [-0.1, -0.05) is 24.3 Å². The maximum Gasteiger partial charge on any atom is 0.333 e. The van der Waals surface area contributed by atoms with Gasteiger partial charge < -0.3 is 14.9 Å². The molecule has 0 atom stereocenters. The number of nitrogens with zero attached hydrogens (tertiary/aromatic N) is 2. The van der Waals surface area contributed by atoms with E-state index in [2.05, 4.69) is 10.3 Å². The van der Waals surface area contributed by atoms with Crippen LogP contribution in [0.3, 0.4) is 0 Å². The Balaban J connectivity index is 1.80. The van der Waals surface area contributed by atoms with Gasteiger partial charge >= 0.3 is 5.69 Å². The molecule has 4 rings (SSSR count). The van der Waals surface area contributed by atoms with Crippen molar-refractivity contribution in [2.75, 3.05) is 0 Å². The number of hydrogen-bond donors (Lipinski definition) is 2. The van der Waals surface area contributed by atoms with E-state index in [1.54, 1.807) is 59.5 Å². The Kier molecular flexibility index (Phi) is 4.25. The van der Waals surface area contributed by atoms with Crippen LogP contribution >= 0.6 is 11.3 Å². The summed E-state index contributed by atoms with van der Waals surface area (Å²) in [5.74, 6) is -0.346. The number of nitrogens with one attached hydrogen (secondary N) is 2. The Bertz CT molecular complexity index is 1230. The maximum absolute atomic E-state index is 12.9. The zero-order valence-corrected chi connectivity index (χ0v) is 15.2. The zero-order chi connectivity index (χ0) is 19.0. The van der Waals surface area contributed by atoms with Gasteiger partial charge in [0.25, 0.3) is 11.5 Å². The topological polar surface area (TPSA) is 88.9 Å². The molecule has 1 aromatic carbocycles. The third-order valence-corrected chi connectivity index (χ3v) is 5.16. The van der Waals surface area contributed by atoms with E-state index in [1.807, 2.05) is 17.5 Å². The van der Waals surface area contributed by atoms with Crippen molar-refractivity contribution in [3.63, 3.8) is 0 Å². The first-order valence-electron chi connectivity index (χ1n) is 8.26. The van der Waals surface area contributed by atoms with Crippen LogP contribution in [-0.2, 0) is 13.6 Å². The highest BCUT2D eigenvalue weighted by molar-refractivity contribution is 7.09. The number of aryl methyl sites for hydroxylation is 1. The van der Waals surface area contributed by atoms with Crippen LogP contribution in [0.5, 0.6) is 0 Å². The van der Waals surface area contributed by atoms with Crippen molar-refractivity contribution in [3.05, 3.63) is 85.3 Å². The number of para-hydroxylation sites is 1. The molecule has 0 saturated heterocycles. The Labute approximate surface area is 157 Å². The highest BCUT2D eigenvalue weighted by atomic mass is 32.1. The first-order chi connectivity index (χ1) is 13.1. The molecule has 3 aromatic heterocycles. The maximum atomic E-state index is 12.9. The number of carbonyl (C=O) groups excluding carboxylic acids is 1. The van der Waals surface area contributed by atoms with Crippen LogP contribution in [0.2, 0.25) is 0 Å². The normalized spacial score (nSPS) is 11.0. The van der Waals surface area contributed by atoms with E-state index < -0.39 is 11.2 Å². The van der Waals surface area contributed by atoms with Crippen LogP contribution in [-0.4, -0.2) is 20.0 Å². The molecule has 0 aliphatic heterocycles. The number of H-pyrrole nitrogens is 1. The van der Waals surface area contributed by atoms with E-state index >= 15 is 0 Å². The van der Waals surface area contributed by atoms with Gasteiger partial charge in [-0.25, -0.2) is 9.36 Å². The van der Waals surface area contributed by atoms with Gasteiger partial charge in [-0.15, -0.1) is 11.3 Å². The third kappa shape index (κ3) is 3.00. The highest BCUT2D eigenvalue weighted by Gasteiger charge is 2.20. The van der Waals surface area contributed by atoms with Gasteiger partial charge in [0.2, 0.25) is 0 Å². The molecule has 0 unspecified atom stereocenters. The molecule has 7 nitrogen and oxygen atoms in total. The lowest BCUT2D eigenvalue weighted by Crippen LogP contribution is -2.34. The summed E-state index contributed by atoms with van der Waals surface area (Å²) < 4.78 is 2.63. The summed E-state index contributed by atoms with van der Waals surface area (Å²) >= 11 is 1.54. The first kappa shape index (κ1) is 17.0. The Hall–Kier alpha value is -3.39. The smallest absolute Gasteiger partial charge is 0.333 e. The first-order valence-corrected chi connectivity index (χ1v) is 9.14. The summed E-state index contributed by atoms with van der Waals surface area (Å²) in [5, 5.41) is 4.75. The molecule has 0 spiro atoms. The van der Waals surface area contributed by atoms with Crippen molar-refractivity contribution in [1.82, 2.24) is 19.4 Å². The summed E-state index contributed by atoms with van der Waals surface area (Å²) in [6.07, 6.45) is 1.56. The zero-order valence-electron chi connectivity index (χ0n) is 14.4. The molecule has 8 heteroatoms. The van der Waals surface area contributed by atoms with Crippen molar-refractivity contribution >= 4 is 28.3 Å². The van der Waals surface area contributed by atoms with E-state index in [0.29, 0.717) is 12.2 Å². The van der Waals surface area contributed by atoms with Crippen LogP contribution in [0.25, 0.3) is 16.7 Å². The number of benzene rings is 1. The molecule has 3 heterocycles. The predicted molar refractivity (Wildman–Crippen MR) is 105 cm³/mol. The van der Waals surface area contributed by atoms with Gasteiger partial charge in [-0.2, -0.15) is 0 Å². The second kappa shape index (κ2) is 6.73. The van der Waals surface area contributed by atoms with Crippen molar-refractivity contribution < 1.29 is 4.79 Å². The number of hydrogen-bond acceptors (Lipinski definition) is 4. The Morgan fingerprint density at radius 1 is 1.15 bits per heavy atom. The molecular formula is C19H16N4O3S. The molecule has 2 N–H and O–H groups in total. The fourth-order valence-corrected chi connectivity index (χ4v) is 3.68. The summed E-state index contributed by atoms with van der Waals surface area (Å²) in [7, 11) is 1.67. The van der Waals surface area contributed by atoms with Gasteiger partial charge in [-0.3, -0.25) is 9.59 Å². The second-order valence-corrected chi connectivity index (χ2v) is 7.08. The molecule has 0 aliphatic carbocycles. The molecule has 0 fully saturated rings. The third-order valence-electron chi connectivity index (χ3n) is 4.28. The lowest BCUT2D eigenvalue weighted by Gasteiger charge is -2.06. The van der Waals surface area contributed by atoms with Crippen LogP contribution in [0.15, 0.2) is 63.6 Å². The molecular weight excluding hydrogens is 364 g/mol. The number of carbonyl (C=O) groups is 1.